The lowest BCUT2D eigenvalue weighted by Gasteiger charge is -2.17. The van der Waals surface area contributed by atoms with Crippen LogP contribution in [0, 0.1) is 0 Å². The van der Waals surface area contributed by atoms with E-state index in [1.807, 2.05) is 6.07 Å². The zero-order valence-electron chi connectivity index (χ0n) is 20.7. The SMILES string of the molecule is CCCCCCCCNc1cc(NCCCCCCCC)c(C(=O)OC)cc1C(=O)OC. The smallest absolute Gasteiger partial charge is 0.339 e. The number of hydrogen-bond donors (Lipinski definition) is 2. The third-order valence-corrected chi connectivity index (χ3v) is 5.66. The fraction of sp³-hybridized carbons (Fsp3) is 0.692. The highest BCUT2D eigenvalue weighted by Gasteiger charge is 2.20. The van der Waals surface area contributed by atoms with Gasteiger partial charge in [0, 0.05) is 13.1 Å². The molecule has 0 aliphatic rings. The fourth-order valence-corrected chi connectivity index (χ4v) is 3.71. The Bertz CT molecular complexity index is 623. The van der Waals surface area contributed by atoms with Gasteiger partial charge >= 0.3 is 11.9 Å². The number of anilines is 2. The van der Waals surface area contributed by atoms with Crippen LogP contribution in [0.2, 0.25) is 0 Å². The molecule has 0 aliphatic carbocycles. The Labute approximate surface area is 194 Å². The second kappa shape index (κ2) is 17.3. The molecule has 2 N–H and O–H groups in total. The largest absolute Gasteiger partial charge is 0.465 e. The van der Waals surface area contributed by atoms with Crippen molar-refractivity contribution in [1.82, 2.24) is 0 Å². The molecule has 0 saturated heterocycles. The molecule has 6 nitrogen and oxygen atoms in total. The van der Waals surface area contributed by atoms with E-state index < -0.39 is 11.9 Å². The molecule has 0 aliphatic heterocycles. The molecule has 0 heterocycles. The third-order valence-electron chi connectivity index (χ3n) is 5.66. The molecule has 0 amide bonds. The third kappa shape index (κ3) is 10.4. The number of hydrogen-bond acceptors (Lipinski definition) is 6. The second-order valence-electron chi connectivity index (χ2n) is 8.32. The van der Waals surface area contributed by atoms with E-state index in [4.69, 9.17) is 9.47 Å². The first-order valence-corrected chi connectivity index (χ1v) is 12.4. The highest BCUT2D eigenvalue weighted by atomic mass is 16.5. The molecular formula is C26H44N2O4. The molecule has 0 radical (unpaired) electrons. The van der Waals surface area contributed by atoms with Crippen molar-refractivity contribution in [1.29, 1.82) is 0 Å². The van der Waals surface area contributed by atoms with Gasteiger partial charge in [0.05, 0.1) is 36.7 Å². The standard InChI is InChI=1S/C26H44N2O4/c1-5-7-9-11-13-15-17-27-23-20-24(28-18-16-14-12-10-8-6-2)22(26(30)32-4)19-21(23)25(29)31-3/h19-20,27-28H,5-18H2,1-4H3. The van der Waals surface area contributed by atoms with Crippen molar-refractivity contribution in [3.05, 3.63) is 23.3 Å². The van der Waals surface area contributed by atoms with Crippen LogP contribution in [-0.4, -0.2) is 39.2 Å². The Morgan fingerprint density at radius 1 is 0.625 bits per heavy atom. The lowest BCUT2D eigenvalue weighted by atomic mass is 10.0. The first kappa shape index (κ1) is 27.8. The minimum atomic E-state index is -0.469. The quantitative estimate of drug-likeness (QED) is 0.190. The maximum Gasteiger partial charge on any atom is 0.339 e. The van der Waals surface area contributed by atoms with Gasteiger partial charge in [0.15, 0.2) is 0 Å². The second-order valence-corrected chi connectivity index (χ2v) is 8.32. The van der Waals surface area contributed by atoms with E-state index in [9.17, 15) is 9.59 Å². The average Bonchev–Trinajstić information content (AvgIpc) is 2.81. The molecule has 0 fully saturated rings. The molecule has 6 heteroatoms. The molecule has 1 aromatic carbocycles. The summed E-state index contributed by atoms with van der Waals surface area (Å²) in [5.41, 5.74) is 2.07. The zero-order valence-corrected chi connectivity index (χ0v) is 20.7. The molecule has 1 rings (SSSR count). The molecule has 182 valence electrons. The number of benzene rings is 1. The normalized spacial score (nSPS) is 10.6. The molecule has 0 saturated carbocycles. The van der Waals surface area contributed by atoms with Crippen LogP contribution in [0.25, 0.3) is 0 Å². The van der Waals surface area contributed by atoms with Crippen LogP contribution < -0.4 is 10.6 Å². The number of carbonyl (C=O) groups excluding carboxylic acids is 2. The van der Waals surface area contributed by atoms with E-state index >= 15 is 0 Å². The summed E-state index contributed by atoms with van der Waals surface area (Å²) in [6.45, 7) is 5.97. The predicted octanol–water partition coefficient (Wildman–Crippen LogP) is 6.80. The summed E-state index contributed by atoms with van der Waals surface area (Å²) < 4.78 is 9.90. The number of carbonyl (C=O) groups is 2. The van der Waals surface area contributed by atoms with Crippen molar-refractivity contribution < 1.29 is 19.1 Å². The molecule has 1 aromatic rings. The van der Waals surface area contributed by atoms with Gasteiger partial charge in [-0.2, -0.15) is 0 Å². The first-order chi connectivity index (χ1) is 15.6. The van der Waals surface area contributed by atoms with Gasteiger partial charge in [0.25, 0.3) is 0 Å². The van der Waals surface area contributed by atoms with E-state index in [2.05, 4.69) is 24.5 Å². The van der Waals surface area contributed by atoms with Gasteiger partial charge < -0.3 is 20.1 Å². The zero-order chi connectivity index (χ0) is 23.6. The monoisotopic (exact) mass is 448 g/mol. The van der Waals surface area contributed by atoms with Crippen LogP contribution in [-0.2, 0) is 9.47 Å². The van der Waals surface area contributed by atoms with Gasteiger partial charge in [-0.3, -0.25) is 0 Å². The maximum absolute atomic E-state index is 12.4. The lowest BCUT2D eigenvalue weighted by molar-refractivity contribution is 0.0600. The Balaban J connectivity index is 2.84. The Hall–Kier alpha value is -2.24. The summed E-state index contributed by atoms with van der Waals surface area (Å²) >= 11 is 0. The fourth-order valence-electron chi connectivity index (χ4n) is 3.71. The van der Waals surface area contributed by atoms with Crippen molar-refractivity contribution in [3.63, 3.8) is 0 Å². The van der Waals surface area contributed by atoms with Crippen LogP contribution in [0.15, 0.2) is 12.1 Å². The highest BCUT2D eigenvalue weighted by molar-refractivity contribution is 6.03. The summed E-state index contributed by atoms with van der Waals surface area (Å²) in [6, 6.07) is 3.41. The van der Waals surface area contributed by atoms with Gasteiger partial charge in [-0.15, -0.1) is 0 Å². The molecule has 0 bridgehead atoms. The molecule has 0 aromatic heterocycles. The Morgan fingerprint density at radius 3 is 1.38 bits per heavy atom. The Kier molecular flexibility index (Phi) is 15.1. The van der Waals surface area contributed by atoms with Gasteiger partial charge in [-0.05, 0) is 25.0 Å². The summed E-state index contributed by atoms with van der Waals surface area (Å²) in [5.74, 6) is -0.939. The van der Waals surface area contributed by atoms with Crippen molar-refractivity contribution in [2.45, 2.75) is 90.9 Å². The van der Waals surface area contributed by atoms with E-state index in [-0.39, 0.29) is 0 Å². The van der Waals surface area contributed by atoms with E-state index in [1.165, 1.54) is 65.6 Å². The van der Waals surface area contributed by atoms with Gasteiger partial charge in [-0.25, -0.2) is 9.59 Å². The van der Waals surface area contributed by atoms with Crippen LogP contribution in [0.1, 0.15) is 112 Å². The van der Waals surface area contributed by atoms with E-state index in [0.29, 0.717) is 22.5 Å². The van der Waals surface area contributed by atoms with Gasteiger partial charge in [0.2, 0.25) is 0 Å². The molecule has 0 atom stereocenters. The van der Waals surface area contributed by atoms with E-state index in [0.717, 1.165) is 38.8 Å². The van der Waals surface area contributed by atoms with Crippen LogP contribution in [0.5, 0.6) is 0 Å². The maximum atomic E-state index is 12.4. The number of esters is 2. The predicted molar refractivity (Wildman–Crippen MR) is 133 cm³/mol. The molecule has 32 heavy (non-hydrogen) atoms. The lowest BCUT2D eigenvalue weighted by Crippen LogP contribution is -2.15. The highest BCUT2D eigenvalue weighted by Crippen LogP contribution is 2.28. The van der Waals surface area contributed by atoms with Crippen molar-refractivity contribution in [2.75, 3.05) is 37.9 Å². The number of nitrogens with one attached hydrogen (secondary N) is 2. The summed E-state index contributed by atoms with van der Waals surface area (Å²) in [6.07, 6.45) is 14.4. The van der Waals surface area contributed by atoms with Crippen molar-refractivity contribution in [2.24, 2.45) is 0 Å². The molecular weight excluding hydrogens is 404 g/mol. The molecule has 0 unspecified atom stereocenters. The number of ether oxygens (including phenoxy) is 2. The number of methoxy groups -OCH3 is 2. The summed E-state index contributed by atoms with van der Waals surface area (Å²) in [7, 11) is 2.70. The number of rotatable bonds is 18. The topological polar surface area (TPSA) is 76.7 Å². The van der Waals surface area contributed by atoms with Crippen molar-refractivity contribution in [3.8, 4) is 0 Å². The van der Waals surface area contributed by atoms with Crippen LogP contribution in [0.4, 0.5) is 11.4 Å². The van der Waals surface area contributed by atoms with Crippen LogP contribution >= 0.6 is 0 Å². The molecule has 0 spiro atoms. The minimum Gasteiger partial charge on any atom is -0.465 e. The van der Waals surface area contributed by atoms with Gasteiger partial charge in [-0.1, -0.05) is 78.1 Å². The van der Waals surface area contributed by atoms with Crippen molar-refractivity contribution >= 4 is 23.3 Å². The summed E-state index contributed by atoms with van der Waals surface area (Å²) in [5, 5.41) is 6.75. The first-order valence-electron chi connectivity index (χ1n) is 12.4. The Morgan fingerprint density at radius 2 is 1.00 bits per heavy atom. The van der Waals surface area contributed by atoms with E-state index in [1.54, 1.807) is 6.07 Å². The van der Waals surface area contributed by atoms with Gasteiger partial charge in [0.1, 0.15) is 0 Å². The number of unbranched alkanes of at least 4 members (excludes halogenated alkanes) is 10. The minimum absolute atomic E-state index is 0.351. The average molecular weight is 449 g/mol. The van der Waals surface area contributed by atoms with Crippen LogP contribution in [0.3, 0.4) is 0 Å². The summed E-state index contributed by atoms with van der Waals surface area (Å²) in [4.78, 5) is 24.7.